The van der Waals surface area contributed by atoms with Crippen molar-refractivity contribution >= 4 is 17.6 Å². The molecule has 1 aromatic rings. The van der Waals surface area contributed by atoms with Gasteiger partial charge in [0.05, 0.1) is 12.7 Å². The number of rotatable bonds is 4. The van der Waals surface area contributed by atoms with Crippen molar-refractivity contribution in [3.63, 3.8) is 0 Å². The number of ether oxygens (including phenoxy) is 2. The molecule has 1 heterocycles. The van der Waals surface area contributed by atoms with Gasteiger partial charge in [-0.3, -0.25) is 4.79 Å². The Morgan fingerprint density at radius 2 is 1.95 bits per heavy atom. The van der Waals surface area contributed by atoms with Crippen LogP contribution < -0.4 is 4.90 Å². The lowest BCUT2D eigenvalue weighted by atomic mass is 9.96. The summed E-state index contributed by atoms with van der Waals surface area (Å²) in [5, 5.41) is 0. The van der Waals surface area contributed by atoms with Gasteiger partial charge in [-0.05, 0) is 30.7 Å². The normalized spacial score (nSPS) is 21.3. The number of methoxy groups -OCH3 is 1. The minimum absolute atomic E-state index is 0.00745. The number of carbonyl (C=O) groups excluding carboxylic acids is 2. The van der Waals surface area contributed by atoms with E-state index in [1.807, 2.05) is 12.1 Å². The molecule has 5 heteroatoms. The molecule has 1 aliphatic rings. The number of hydrogen-bond acceptors (Lipinski definition) is 5. The van der Waals surface area contributed by atoms with E-state index in [1.165, 1.54) is 14.0 Å². The summed E-state index contributed by atoms with van der Waals surface area (Å²) in [5.74, 6) is -0.539. The van der Waals surface area contributed by atoms with Crippen LogP contribution >= 0.6 is 0 Å². The highest BCUT2D eigenvalue weighted by Gasteiger charge is 2.29. The molecule has 120 valence electrons. The molecule has 5 nitrogen and oxygen atoms in total. The number of carbonyl (C=O) groups is 2. The molecule has 0 radical (unpaired) electrons. The molecular weight excluding hydrogens is 282 g/mol. The Morgan fingerprint density at radius 3 is 2.50 bits per heavy atom. The molecule has 0 amide bonds. The van der Waals surface area contributed by atoms with Gasteiger partial charge >= 0.3 is 11.9 Å². The molecule has 1 saturated heterocycles. The van der Waals surface area contributed by atoms with E-state index in [4.69, 9.17) is 9.47 Å². The number of piperidine rings is 1. The van der Waals surface area contributed by atoms with E-state index >= 15 is 0 Å². The fourth-order valence-electron chi connectivity index (χ4n) is 2.99. The molecule has 0 unspecified atom stereocenters. The van der Waals surface area contributed by atoms with E-state index in [0.717, 1.165) is 31.5 Å². The Balaban J connectivity index is 2.08. The molecule has 0 aromatic heterocycles. The van der Waals surface area contributed by atoms with Crippen molar-refractivity contribution in [1.29, 1.82) is 0 Å². The predicted molar refractivity (Wildman–Crippen MR) is 84.0 cm³/mol. The van der Waals surface area contributed by atoms with E-state index in [-0.39, 0.29) is 18.0 Å². The summed E-state index contributed by atoms with van der Waals surface area (Å²) in [6.45, 7) is 4.43. The van der Waals surface area contributed by atoms with E-state index in [9.17, 15) is 9.59 Å². The van der Waals surface area contributed by atoms with Gasteiger partial charge in [-0.15, -0.1) is 0 Å². The lowest BCUT2D eigenvalue weighted by Gasteiger charge is -2.40. The molecule has 1 fully saturated rings. The van der Waals surface area contributed by atoms with Crippen LogP contribution in [0.15, 0.2) is 24.3 Å². The van der Waals surface area contributed by atoms with Crippen molar-refractivity contribution in [2.45, 2.75) is 45.3 Å². The number of hydrogen-bond donors (Lipinski definition) is 0. The highest BCUT2D eigenvalue weighted by Crippen LogP contribution is 2.28. The van der Waals surface area contributed by atoms with Crippen LogP contribution in [0.1, 0.15) is 43.5 Å². The summed E-state index contributed by atoms with van der Waals surface area (Å²) in [5.41, 5.74) is 1.63. The topological polar surface area (TPSA) is 55.8 Å². The average molecular weight is 305 g/mol. The summed E-state index contributed by atoms with van der Waals surface area (Å²) in [6.07, 6.45) is 2.66. The monoisotopic (exact) mass is 305 g/mol. The smallest absolute Gasteiger partial charge is 0.337 e. The van der Waals surface area contributed by atoms with Crippen LogP contribution in [0.3, 0.4) is 0 Å². The van der Waals surface area contributed by atoms with Crippen molar-refractivity contribution in [3.05, 3.63) is 29.8 Å². The third kappa shape index (κ3) is 3.78. The lowest BCUT2D eigenvalue weighted by molar-refractivity contribution is -0.147. The van der Waals surface area contributed by atoms with Crippen LogP contribution in [-0.2, 0) is 14.3 Å². The summed E-state index contributed by atoms with van der Waals surface area (Å²) >= 11 is 0. The molecule has 22 heavy (non-hydrogen) atoms. The van der Waals surface area contributed by atoms with Gasteiger partial charge in [0, 0.05) is 38.0 Å². The summed E-state index contributed by atoms with van der Waals surface area (Å²) in [6, 6.07) is 7.79. The molecule has 0 spiro atoms. The number of esters is 2. The van der Waals surface area contributed by atoms with Crippen LogP contribution in [0.2, 0.25) is 0 Å². The maximum Gasteiger partial charge on any atom is 0.337 e. The maximum atomic E-state index is 11.5. The Kier molecular flexibility index (Phi) is 5.41. The second kappa shape index (κ2) is 7.29. The molecule has 1 aliphatic heterocycles. The SMILES string of the molecule is CC[C@@H]1C[C@H](OC(C)=O)CCN1c1ccc(C(=O)OC)cc1. The maximum absolute atomic E-state index is 11.5. The van der Waals surface area contributed by atoms with Gasteiger partial charge in [0.1, 0.15) is 6.10 Å². The third-order valence-electron chi connectivity index (χ3n) is 4.09. The fourth-order valence-corrected chi connectivity index (χ4v) is 2.99. The van der Waals surface area contributed by atoms with Gasteiger partial charge in [-0.2, -0.15) is 0 Å². The van der Waals surface area contributed by atoms with E-state index in [0.29, 0.717) is 11.6 Å². The molecule has 0 saturated carbocycles. The highest BCUT2D eigenvalue weighted by molar-refractivity contribution is 5.89. The number of benzene rings is 1. The van der Waals surface area contributed by atoms with Crippen LogP contribution in [0, 0.1) is 0 Å². The van der Waals surface area contributed by atoms with Crippen LogP contribution in [0.5, 0.6) is 0 Å². The highest BCUT2D eigenvalue weighted by atomic mass is 16.5. The molecule has 0 bridgehead atoms. The first-order chi connectivity index (χ1) is 10.5. The minimum atomic E-state index is -0.327. The largest absolute Gasteiger partial charge is 0.465 e. The standard InChI is InChI=1S/C17H23NO4/c1-4-14-11-16(22-12(2)19)9-10-18(14)15-7-5-13(6-8-15)17(20)21-3/h5-8,14,16H,4,9-11H2,1-3H3/t14-,16-/m1/s1. The Hall–Kier alpha value is -2.04. The first-order valence-corrected chi connectivity index (χ1v) is 7.67. The molecule has 2 rings (SSSR count). The summed E-state index contributed by atoms with van der Waals surface area (Å²) in [7, 11) is 1.38. The van der Waals surface area contributed by atoms with Crippen molar-refractivity contribution in [2.24, 2.45) is 0 Å². The minimum Gasteiger partial charge on any atom is -0.465 e. The molecule has 2 atom stereocenters. The molecule has 1 aromatic carbocycles. The fraction of sp³-hybridized carbons (Fsp3) is 0.529. The van der Waals surface area contributed by atoms with Gasteiger partial charge in [0.25, 0.3) is 0 Å². The number of anilines is 1. The van der Waals surface area contributed by atoms with E-state index in [1.54, 1.807) is 12.1 Å². The summed E-state index contributed by atoms with van der Waals surface area (Å²) < 4.78 is 10.1. The molecule has 0 N–H and O–H groups in total. The number of nitrogens with zero attached hydrogens (tertiary/aromatic N) is 1. The third-order valence-corrected chi connectivity index (χ3v) is 4.09. The van der Waals surface area contributed by atoms with Crippen LogP contribution in [0.25, 0.3) is 0 Å². The van der Waals surface area contributed by atoms with Crippen LogP contribution in [0.4, 0.5) is 5.69 Å². The van der Waals surface area contributed by atoms with Gasteiger partial charge in [0.2, 0.25) is 0 Å². The van der Waals surface area contributed by atoms with Crippen molar-refractivity contribution in [1.82, 2.24) is 0 Å². The zero-order valence-corrected chi connectivity index (χ0v) is 13.4. The van der Waals surface area contributed by atoms with Crippen molar-refractivity contribution < 1.29 is 19.1 Å². The van der Waals surface area contributed by atoms with Gasteiger partial charge in [-0.25, -0.2) is 4.79 Å². The van der Waals surface area contributed by atoms with E-state index in [2.05, 4.69) is 11.8 Å². The Labute approximate surface area is 131 Å². The quantitative estimate of drug-likeness (QED) is 0.801. The van der Waals surface area contributed by atoms with Gasteiger partial charge in [-0.1, -0.05) is 6.92 Å². The second-order valence-electron chi connectivity index (χ2n) is 5.55. The Morgan fingerprint density at radius 1 is 1.27 bits per heavy atom. The summed E-state index contributed by atoms with van der Waals surface area (Å²) in [4.78, 5) is 24.9. The van der Waals surface area contributed by atoms with E-state index < -0.39 is 0 Å². The molecule has 0 aliphatic carbocycles. The second-order valence-corrected chi connectivity index (χ2v) is 5.55. The average Bonchev–Trinajstić information content (AvgIpc) is 2.53. The zero-order valence-electron chi connectivity index (χ0n) is 13.4. The van der Waals surface area contributed by atoms with Crippen molar-refractivity contribution in [2.75, 3.05) is 18.6 Å². The lowest BCUT2D eigenvalue weighted by Crippen LogP contribution is -2.45. The first-order valence-electron chi connectivity index (χ1n) is 7.67. The molecular formula is C17H23NO4. The van der Waals surface area contributed by atoms with Gasteiger partial charge < -0.3 is 14.4 Å². The van der Waals surface area contributed by atoms with Gasteiger partial charge in [0.15, 0.2) is 0 Å². The first kappa shape index (κ1) is 16.3. The Bertz CT molecular complexity index is 526. The zero-order chi connectivity index (χ0) is 16.1. The van der Waals surface area contributed by atoms with Crippen molar-refractivity contribution in [3.8, 4) is 0 Å². The predicted octanol–water partition coefficient (Wildman–Crippen LogP) is 2.78. The van der Waals surface area contributed by atoms with Crippen LogP contribution in [-0.4, -0.2) is 37.7 Å².